The molecule has 0 spiro atoms. The van der Waals surface area contributed by atoms with Gasteiger partial charge in [-0.3, -0.25) is 4.79 Å². The molecule has 0 bridgehead atoms. The lowest BCUT2D eigenvalue weighted by Gasteiger charge is -2.11. The van der Waals surface area contributed by atoms with E-state index in [2.05, 4.69) is 14.9 Å². The van der Waals surface area contributed by atoms with Crippen molar-refractivity contribution in [2.24, 2.45) is 0 Å². The molecule has 1 rings (SSSR count). The van der Waals surface area contributed by atoms with Gasteiger partial charge in [-0.15, -0.1) is 5.10 Å². The summed E-state index contributed by atoms with van der Waals surface area (Å²) in [7, 11) is 0. The van der Waals surface area contributed by atoms with Crippen molar-refractivity contribution in [3.8, 4) is 0 Å². The number of hydrogen-bond acceptors (Lipinski definition) is 6. The average molecular weight is 231 g/mol. The average Bonchev–Trinajstić information content (AvgIpc) is 2.69. The Kier molecular flexibility index (Phi) is 4.13. The number of hydrogen-bond donors (Lipinski definition) is 3. The van der Waals surface area contributed by atoms with Crippen molar-refractivity contribution in [3.05, 3.63) is 11.1 Å². The Bertz CT molecular complexity index is 340. The third-order valence-corrected chi connectivity index (χ3v) is 2.12. The summed E-state index contributed by atoms with van der Waals surface area (Å²) in [5.41, 5.74) is 0.0733. The molecule has 1 amide bonds. The summed E-state index contributed by atoms with van der Waals surface area (Å²) in [6, 6.07) is -1.11. The molecule has 15 heavy (non-hydrogen) atoms. The van der Waals surface area contributed by atoms with Crippen LogP contribution in [0, 0.1) is 0 Å². The lowest BCUT2D eigenvalue weighted by Crippen LogP contribution is -2.41. The second-order valence-electron chi connectivity index (χ2n) is 2.67. The molecule has 0 aliphatic carbocycles. The molecule has 0 aromatic carbocycles. The van der Waals surface area contributed by atoms with Crippen LogP contribution in [0.5, 0.6) is 0 Å². The van der Waals surface area contributed by atoms with Crippen LogP contribution in [0.4, 0.5) is 0 Å². The molecular weight excluding hydrogens is 222 g/mol. The van der Waals surface area contributed by atoms with Crippen molar-refractivity contribution in [1.82, 2.24) is 14.9 Å². The van der Waals surface area contributed by atoms with E-state index < -0.39 is 17.9 Å². The van der Waals surface area contributed by atoms with Crippen LogP contribution in [0.25, 0.3) is 0 Å². The van der Waals surface area contributed by atoms with Gasteiger partial charge >= 0.3 is 5.97 Å². The van der Waals surface area contributed by atoms with E-state index in [-0.39, 0.29) is 18.7 Å². The highest BCUT2D eigenvalue weighted by Crippen LogP contribution is 1.99. The maximum Gasteiger partial charge on any atom is 0.326 e. The molecule has 0 saturated heterocycles. The number of aromatic nitrogens is 2. The summed E-state index contributed by atoms with van der Waals surface area (Å²) in [6.45, 7) is -0.313. The summed E-state index contributed by atoms with van der Waals surface area (Å²) in [4.78, 5) is 22.0. The monoisotopic (exact) mass is 231 g/mol. The molecule has 0 aliphatic rings. The highest BCUT2D eigenvalue weighted by molar-refractivity contribution is 7.03. The van der Waals surface area contributed by atoms with Crippen LogP contribution in [0.1, 0.15) is 16.9 Å². The molecule has 0 aliphatic heterocycles. The molecule has 1 aromatic heterocycles. The molecule has 0 unspecified atom stereocenters. The predicted octanol–water partition coefficient (Wildman–Crippen LogP) is -0.897. The minimum absolute atomic E-state index is 0.0430. The third kappa shape index (κ3) is 3.26. The molecule has 82 valence electrons. The Hall–Kier alpha value is -1.54. The van der Waals surface area contributed by atoms with Crippen LogP contribution in [-0.2, 0) is 4.79 Å². The predicted molar refractivity (Wildman–Crippen MR) is 50.5 cm³/mol. The van der Waals surface area contributed by atoms with Crippen molar-refractivity contribution >= 4 is 23.4 Å². The Labute approximate surface area is 88.9 Å². The second-order valence-corrected chi connectivity index (χ2v) is 3.28. The molecule has 1 aromatic rings. The van der Waals surface area contributed by atoms with E-state index in [0.717, 1.165) is 11.5 Å². The minimum atomic E-state index is -1.19. The van der Waals surface area contributed by atoms with Gasteiger partial charge in [-0.05, 0) is 11.5 Å². The van der Waals surface area contributed by atoms with Gasteiger partial charge in [-0.1, -0.05) is 4.49 Å². The zero-order valence-corrected chi connectivity index (χ0v) is 8.40. The molecule has 8 heteroatoms. The van der Waals surface area contributed by atoms with Gasteiger partial charge < -0.3 is 15.5 Å². The van der Waals surface area contributed by atoms with E-state index in [0.29, 0.717) is 0 Å². The van der Waals surface area contributed by atoms with Crippen LogP contribution < -0.4 is 5.32 Å². The number of carboxylic acid groups (broad SMARTS) is 1. The Morgan fingerprint density at radius 2 is 2.33 bits per heavy atom. The Morgan fingerprint density at radius 3 is 2.80 bits per heavy atom. The first kappa shape index (κ1) is 11.5. The van der Waals surface area contributed by atoms with Gasteiger partial charge in [0.05, 0.1) is 0 Å². The van der Waals surface area contributed by atoms with E-state index in [1.165, 1.54) is 5.38 Å². The maximum atomic E-state index is 11.3. The topological polar surface area (TPSA) is 112 Å². The smallest absolute Gasteiger partial charge is 0.326 e. The normalized spacial score (nSPS) is 12.1. The fourth-order valence-electron chi connectivity index (χ4n) is 0.882. The van der Waals surface area contributed by atoms with Crippen LogP contribution in [-0.4, -0.2) is 44.3 Å². The summed E-state index contributed by atoms with van der Waals surface area (Å²) in [5.74, 6) is -1.80. The molecule has 0 fully saturated rings. The van der Waals surface area contributed by atoms with Crippen LogP contribution >= 0.6 is 11.5 Å². The maximum absolute atomic E-state index is 11.3. The molecule has 7 nitrogen and oxygen atoms in total. The number of aliphatic hydroxyl groups excluding tert-OH is 1. The molecule has 1 atom stereocenters. The first-order chi connectivity index (χ1) is 7.15. The lowest BCUT2D eigenvalue weighted by atomic mass is 10.2. The van der Waals surface area contributed by atoms with Gasteiger partial charge in [-0.25, -0.2) is 4.79 Å². The Balaban J connectivity index is 2.59. The zero-order chi connectivity index (χ0) is 11.3. The first-order valence-corrected chi connectivity index (χ1v) is 4.90. The first-order valence-electron chi connectivity index (χ1n) is 4.06. The number of nitrogens with zero attached hydrogens (tertiary/aromatic N) is 2. The Morgan fingerprint density at radius 1 is 1.60 bits per heavy atom. The lowest BCUT2D eigenvalue weighted by molar-refractivity contribution is -0.139. The zero-order valence-electron chi connectivity index (χ0n) is 7.58. The fraction of sp³-hybridized carbons (Fsp3) is 0.429. The van der Waals surface area contributed by atoms with Crippen molar-refractivity contribution in [1.29, 1.82) is 0 Å². The van der Waals surface area contributed by atoms with E-state index in [4.69, 9.17) is 10.2 Å². The number of rotatable bonds is 5. The quantitative estimate of drug-likeness (QED) is 0.605. The number of carbonyl (C=O) groups is 2. The summed E-state index contributed by atoms with van der Waals surface area (Å²) in [5, 5.41) is 24.4. The van der Waals surface area contributed by atoms with E-state index >= 15 is 0 Å². The SMILES string of the molecule is O=C(N[C@H](CCO)C(=O)O)c1csnn1. The highest BCUT2D eigenvalue weighted by atomic mass is 32.1. The van der Waals surface area contributed by atoms with Gasteiger partial charge in [0.1, 0.15) is 6.04 Å². The van der Waals surface area contributed by atoms with Crippen molar-refractivity contribution in [2.45, 2.75) is 12.5 Å². The van der Waals surface area contributed by atoms with Gasteiger partial charge in [0.15, 0.2) is 5.69 Å². The summed E-state index contributed by atoms with van der Waals surface area (Å²) >= 11 is 0.998. The van der Waals surface area contributed by atoms with Crippen molar-refractivity contribution < 1.29 is 19.8 Å². The van der Waals surface area contributed by atoms with E-state index in [1.807, 2.05) is 0 Å². The number of carboxylic acids is 1. The molecule has 1 heterocycles. The molecular formula is C7H9N3O4S. The van der Waals surface area contributed by atoms with Crippen LogP contribution in [0.15, 0.2) is 5.38 Å². The molecule has 0 radical (unpaired) electrons. The number of amides is 1. The van der Waals surface area contributed by atoms with Gasteiger partial charge in [-0.2, -0.15) is 0 Å². The molecule has 0 saturated carbocycles. The van der Waals surface area contributed by atoms with Gasteiger partial charge in [0.2, 0.25) is 0 Å². The second kappa shape index (κ2) is 5.37. The van der Waals surface area contributed by atoms with Gasteiger partial charge in [0.25, 0.3) is 5.91 Å². The van der Waals surface area contributed by atoms with Crippen LogP contribution in [0.3, 0.4) is 0 Å². The van der Waals surface area contributed by atoms with E-state index in [9.17, 15) is 9.59 Å². The summed E-state index contributed by atoms with van der Waals surface area (Å²) < 4.78 is 3.48. The number of nitrogens with one attached hydrogen (secondary N) is 1. The van der Waals surface area contributed by atoms with E-state index in [1.54, 1.807) is 0 Å². The number of aliphatic hydroxyl groups is 1. The highest BCUT2D eigenvalue weighted by Gasteiger charge is 2.20. The van der Waals surface area contributed by atoms with Crippen LogP contribution in [0.2, 0.25) is 0 Å². The standard InChI is InChI=1S/C7H9N3O4S/c11-2-1-4(7(13)14)8-6(12)5-3-15-10-9-5/h3-4,11H,1-2H2,(H,8,12)(H,13,14)/t4-/m1/s1. The van der Waals surface area contributed by atoms with Crippen molar-refractivity contribution in [2.75, 3.05) is 6.61 Å². The number of carbonyl (C=O) groups excluding carboxylic acids is 1. The minimum Gasteiger partial charge on any atom is -0.480 e. The van der Waals surface area contributed by atoms with Gasteiger partial charge in [0, 0.05) is 18.4 Å². The fourth-order valence-corrected chi connectivity index (χ4v) is 1.32. The number of aliphatic carboxylic acids is 1. The van der Waals surface area contributed by atoms with Crippen molar-refractivity contribution in [3.63, 3.8) is 0 Å². The summed E-state index contributed by atoms with van der Waals surface area (Å²) in [6.07, 6.45) is -0.0430. The molecule has 3 N–H and O–H groups in total. The largest absolute Gasteiger partial charge is 0.480 e. The third-order valence-electron chi connectivity index (χ3n) is 1.61.